The topological polar surface area (TPSA) is 24.9 Å². The van der Waals surface area contributed by atoms with Crippen LogP contribution in [0.4, 0.5) is 0 Å². The van der Waals surface area contributed by atoms with Crippen LogP contribution in [0, 0.1) is 6.92 Å². The second-order valence-electron chi connectivity index (χ2n) is 7.27. The van der Waals surface area contributed by atoms with Gasteiger partial charge in [-0.25, -0.2) is 4.98 Å². The van der Waals surface area contributed by atoms with Crippen molar-refractivity contribution in [2.45, 2.75) is 83.1 Å². The Hall–Kier alpha value is -0.0600. The van der Waals surface area contributed by atoms with Crippen LogP contribution >= 0.6 is 23.1 Å². The number of aromatic nitrogens is 1. The van der Waals surface area contributed by atoms with Crippen LogP contribution < -0.4 is 5.32 Å². The van der Waals surface area contributed by atoms with Crippen molar-refractivity contribution in [1.29, 1.82) is 0 Å². The summed E-state index contributed by atoms with van der Waals surface area (Å²) in [6.45, 7) is 11.2. The highest BCUT2D eigenvalue weighted by molar-refractivity contribution is 7.99. The summed E-state index contributed by atoms with van der Waals surface area (Å²) in [5, 5.41) is 5.92. The first-order chi connectivity index (χ1) is 9.82. The lowest BCUT2D eigenvalue weighted by Crippen LogP contribution is -2.41. The van der Waals surface area contributed by atoms with Gasteiger partial charge < -0.3 is 5.32 Å². The van der Waals surface area contributed by atoms with Gasteiger partial charge in [0, 0.05) is 27.6 Å². The molecule has 0 saturated heterocycles. The quantitative estimate of drug-likeness (QED) is 0.836. The average Bonchev–Trinajstić information content (AvgIpc) is 2.81. The minimum Gasteiger partial charge on any atom is -0.306 e. The zero-order chi connectivity index (χ0) is 15.6. The van der Waals surface area contributed by atoms with Crippen LogP contribution in [0.5, 0.6) is 0 Å². The molecule has 0 aromatic carbocycles. The largest absolute Gasteiger partial charge is 0.306 e. The van der Waals surface area contributed by atoms with Gasteiger partial charge in [0.05, 0.1) is 10.7 Å². The summed E-state index contributed by atoms with van der Waals surface area (Å²) in [6, 6.07) is 1.07. The van der Waals surface area contributed by atoms with Gasteiger partial charge >= 0.3 is 0 Å². The van der Waals surface area contributed by atoms with Gasteiger partial charge in [0.1, 0.15) is 0 Å². The maximum Gasteiger partial charge on any atom is 0.0985 e. The minimum absolute atomic E-state index is 0.153. The van der Waals surface area contributed by atoms with E-state index >= 15 is 0 Å². The number of nitrogens with one attached hydrogen (secondary N) is 1. The van der Waals surface area contributed by atoms with Gasteiger partial charge in [-0.05, 0) is 32.9 Å². The smallest absolute Gasteiger partial charge is 0.0985 e. The number of thioether (sulfide) groups is 1. The molecule has 1 aliphatic rings. The Bertz CT molecular complexity index is 462. The lowest BCUT2D eigenvalue weighted by Gasteiger charge is -2.33. The third-order valence-corrected chi connectivity index (χ3v) is 7.27. The molecule has 0 bridgehead atoms. The van der Waals surface area contributed by atoms with Crippen LogP contribution in [0.25, 0.3) is 0 Å². The second kappa shape index (κ2) is 7.01. The van der Waals surface area contributed by atoms with E-state index in [-0.39, 0.29) is 5.41 Å². The number of hydrogen-bond acceptors (Lipinski definition) is 4. The van der Waals surface area contributed by atoms with E-state index in [4.69, 9.17) is 4.98 Å². The average molecular weight is 327 g/mol. The van der Waals surface area contributed by atoms with Crippen molar-refractivity contribution in [3.63, 3.8) is 0 Å². The predicted octanol–water partition coefficient (Wildman–Crippen LogP) is 5.07. The van der Waals surface area contributed by atoms with Crippen LogP contribution in [-0.4, -0.2) is 22.5 Å². The van der Waals surface area contributed by atoms with Crippen LogP contribution in [0.2, 0.25) is 0 Å². The molecule has 0 radical (unpaired) electrons. The van der Waals surface area contributed by atoms with Gasteiger partial charge in [-0.2, -0.15) is 11.8 Å². The first kappa shape index (κ1) is 17.3. The molecular weight excluding hydrogens is 296 g/mol. The van der Waals surface area contributed by atoms with Crippen molar-refractivity contribution >= 4 is 23.1 Å². The molecular formula is C17H30N2S2. The third kappa shape index (κ3) is 4.23. The second-order valence-corrected chi connectivity index (χ2v) is 9.38. The normalized spacial score (nSPS) is 25.0. The molecule has 0 spiro atoms. The molecule has 1 heterocycles. The van der Waals surface area contributed by atoms with E-state index in [0.29, 0.717) is 12.1 Å². The molecule has 120 valence electrons. The van der Waals surface area contributed by atoms with Gasteiger partial charge in [0.2, 0.25) is 0 Å². The Morgan fingerprint density at radius 3 is 2.52 bits per heavy atom. The first-order valence-electron chi connectivity index (χ1n) is 8.09. The zero-order valence-corrected chi connectivity index (χ0v) is 16.0. The SMILES string of the molecule is CSC1CCCCC1NC(C)c1sc(C(C)(C)C)nc1C. The van der Waals surface area contributed by atoms with E-state index in [1.807, 2.05) is 23.1 Å². The first-order valence-corrected chi connectivity index (χ1v) is 10.2. The molecule has 1 fully saturated rings. The summed E-state index contributed by atoms with van der Waals surface area (Å²) in [4.78, 5) is 6.23. The van der Waals surface area contributed by atoms with Crippen molar-refractivity contribution in [3.8, 4) is 0 Å². The Balaban J connectivity index is 2.09. The van der Waals surface area contributed by atoms with Crippen molar-refractivity contribution in [2.75, 3.05) is 6.26 Å². The molecule has 1 saturated carbocycles. The van der Waals surface area contributed by atoms with Gasteiger partial charge in [-0.15, -0.1) is 11.3 Å². The van der Waals surface area contributed by atoms with Gasteiger partial charge in [0.25, 0.3) is 0 Å². The van der Waals surface area contributed by atoms with Crippen LogP contribution in [0.15, 0.2) is 0 Å². The molecule has 21 heavy (non-hydrogen) atoms. The van der Waals surface area contributed by atoms with E-state index in [1.165, 1.54) is 41.3 Å². The fraction of sp³-hybridized carbons (Fsp3) is 0.824. The van der Waals surface area contributed by atoms with Gasteiger partial charge in [-0.3, -0.25) is 0 Å². The molecule has 1 N–H and O–H groups in total. The fourth-order valence-corrected chi connectivity index (χ4v) is 5.18. The van der Waals surface area contributed by atoms with Gasteiger partial charge in [-0.1, -0.05) is 33.6 Å². The minimum atomic E-state index is 0.153. The molecule has 2 rings (SSSR count). The maximum absolute atomic E-state index is 4.81. The van der Waals surface area contributed by atoms with E-state index in [0.717, 1.165) is 5.25 Å². The van der Waals surface area contributed by atoms with Crippen molar-refractivity contribution in [1.82, 2.24) is 10.3 Å². The molecule has 3 atom stereocenters. The summed E-state index contributed by atoms with van der Waals surface area (Å²) in [6.07, 6.45) is 7.70. The highest BCUT2D eigenvalue weighted by Gasteiger charge is 2.28. The molecule has 1 aromatic rings. The number of rotatable bonds is 4. The number of aryl methyl sites for hydroxylation is 1. The molecule has 1 aliphatic carbocycles. The highest BCUT2D eigenvalue weighted by atomic mass is 32.2. The Morgan fingerprint density at radius 2 is 1.95 bits per heavy atom. The molecule has 1 aromatic heterocycles. The lowest BCUT2D eigenvalue weighted by molar-refractivity contribution is 0.357. The Kier molecular flexibility index (Phi) is 5.77. The van der Waals surface area contributed by atoms with Crippen LogP contribution in [0.3, 0.4) is 0 Å². The van der Waals surface area contributed by atoms with Crippen molar-refractivity contribution in [2.24, 2.45) is 0 Å². The summed E-state index contributed by atoms with van der Waals surface area (Å²) < 4.78 is 0. The van der Waals surface area contributed by atoms with Crippen LogP contribution in [0.1, 0.15) is 75.0 Å². The standard InChI is InChI=1S/C17H30N2S2/c1-11(18-13-9-7-8-10-14(13)20-6)15-12(2)19-16(21-15)17(3,4)5/h11,13-14,18H,7-10H2,1-6H3. The molecule has 0 amide bonds. The third-order valence-electron chi connectivity index (χ3n) is 4.34. The summed E-state index contributed by atoms with van der Waals surface area (Å²) in [5.41, 5.74) is 1.36. The van der Waals surface area contributed by atoms with Crippen molar-refractivity contribution in [3.05, 3.63) is 15.6 Å². The predicted molar refractivity (Wildman–Crippen MR) is 96.7 cm³/mol. The summed E-state index contributed by atoms with van der Waals surface area (Å²) >= 11 is 3.92. The molecule has 0 aliphatic heterocycles. The fourth-order valence-electron chi connectivity index (χ4n) is 3.10. The van der Waals surface area contributed by atoms with E-state index in [2.05, 4.69) is 46.2 Å². The lowest BCUT2D eigenvalue weighted by atomic mass is 9.94. The molecule has 3 unspecified atom stereocenters. The Labute approximate surface area is 138 Å². The monoisotopic (exact) mass is 326 g/mol. The molecule has 4 heteroatoms. The Morgan fingerprint density at radius 1 is 1.29 bits per heavy atom. The van der Waals surface area contributed by atoms with Crippen LogP contribution in [-0.2, 0) is 5.41 Å². The zero-order valence-electron chi connectivity index (χ0n) is 14.3. The summed E-state index contributed by atoms with van der Waals surface area (Å²) in [5.74, 6) is 0. The number of hydrogen-bond donors (Lipinski definition) is 1. The van der Waals surface area contributed by atoms with E-state index < -0.39 is 0 Å². The van der Waals surface area contributed by atoms with E-state index in [9.17, 15) is 0 Å². The highest BCUT2D eigenvalue weighted by Crippen LogP contribution is 2.34. The van der Waals surface area contributed by atoms with Crippen molar-refractivity contribution < 1.29 is 0 Å². The van der Waals surface area contributed by atoms with E-state index in [1.54, 1.807) is 0 Å². The maximum atomic E-state index is 4.81. The number of thiazole rings is 1. The number of nitrogens with zero attached hydrogens (tertiary/aromatic N) is 1. The molecule has 2 nitrogen and oxygen atoms in total. The summed E-state index contributed by atoms with van der Waals surface area (Å²) in [7, 11) is 0. The van der Waals surface area contributed by atoms with Gasteiger partial charge in [0.15, 0.2) is 0 Å².